The zero-order valence-corrected chi connectivity index (χ0v) is 8.03. The van der Waals surface area contributed by atoms with Crippen molar-refractivity contribution >= 4 is 0 Å². The van der Waals surface area contributed by atoms with Gasteiger partial charge in [0.15, 0.2) is 0 Å². The first-order valence-electron chi connectivity index (χ1n) is 4.77. The lowest BCUT2D eigenvalue weighted by Crippen LogP contribution is -2.52. The van der Waals surface area contributed by atoms with Crippen LogP contribution < -0.4 is 5.73 Å². The first-order chi connectivity index (χ1) is 5.65. The summed E-state index contributed by atoms with van der Waals surface area (Å²) in [5, 5.41) is 9.11. The standard InChI is InChI=1S/C9H20N2O/c1-7(2)11-5-8(10)3-4-9(11)6-12/h7-9,12H,3-6,10H2,1-2H3/t8-,9-/m1/s1. The van der Waals surface area contributed by atoms with E-state index in [2.05, 4.69) is 18.7 Å². The van der Waals surface area contributed by atoms with E-state index in [9.17, 15) is 0 Å². The average molecular weight is 172 g/mol. The van der Waals surface area contributed by atoms with Gasteiger partial charge in [-0.25, -0.2) is 0 Å². The summed E-state index contributed by atoms with van der Waals surface area (Å²) in [6.07, 6.45) is 2.09. The van der Waals surface area contributed by atoms with E-state index in [0.29, 0.717) is 18.1 Å². The molecule has 0 saturated carbocycles. The normalized spacial score (nSPS) is 32.8. The molecule has 3 N–H and O–H groups in total. The molecule has 1 rings (SSSR count). The highest BCUT2D eigenvalue weighted by molar-refractivity contribution is 4.84. The zero-order valence-electron chi connectivity index (χ0n) is 8.03. The number of nitrogens with zero attached hydrogens (tertiary/aromatic N) is 1. The van der Waals surface area contributed by atoms with Crippen LogP contribution in [0.2, 0.25) is 0 Å². The molecular weight excluding hydrogens is 152 g/mol. The molecule has 0 radical (unpaired) electrons. The maximum atomic E-state index is 9.11. The van der Waals surface area contributed by atoms with E-state index < -0.39 is 0 Å². The molecule has 3 heteroatoms. The Balaban J connectivity index is 2.52. The van der Waals surface area contributed by atoms with Crippen LogP contribution in [-0.2, 0) is 0 Å². The van der Waals surface area contributed by atoms with Crippen molar-refractivity contribution in [2.24, 2.45) is 5.73 Å². The number of hydrogen-bond donors (Lipinski definition) is 2. The third-order valence-electron chi connectivity index (χ3n) is 2.66. The van der Waals surface area contributed by atoms with Gasteiger partial charge >= 0.3 is 0 Å². The van der Waals surface area contributed by atoms with Crippen LogP contribution in [0.15, 0.2) is 0 Å². The summed E-state index contributed by atoms with van der Waals surface area (Å²) in [6.45, 7) is 5.51. The number of piperidine rings is 1. The van der Waals surface area contributed by atoms with E-state index in [1.54, 1.807) is 0 Å². The van der Waals surface area contributed by atoms with E-state index in [1.165, 1.54) is 0 Å². The van der Waals surface area contributed by atoms with Crippen molar-refractivity contribution in [2.75, 3.05) is 13.2 Å². The van der Waals surface area contributed by atoms with E-state index >= 15 is 0 Å². The predicted molar refractivity (Wildman–Crippen MR) is 49.9 cm³/mol. The number of rotatable bonds is 2. The summed E-state index contributed by atoms with van der Waals surface area (Å²) in [4.78, 5) is 2.30. The second kappa shape index (κ2) is 4.21. The van der Waals surface area contributed by atoms with Gasteiger partial charge in [0.05, 0.1) is 6.61 Å². The molecule has 1 heterocycles. The number of aliphatic hydroxyl groups excluding tert-OH is 1. The van der Waals surface area contributed by atoms with Gasteiger partial charge in [-0.3, -0.25) is 4.90 Å². The lowest BCUT2D eigenvalue weighted by Gasteiger charge is -2.40. The monoisotopic (exact) mass is 172 g/mol. The minimum Gasteiger partial charge on any atom is -0.395 e. The molecule has 1 saturated heterocycles. The lowest BCUT2D eigenvalue weighted by molar-refractivity contribution is 0.0569. The summed E-state index contributed by atoms with van der Waals surface area (Å²) in [5.41, 5.74) is 5.86. The van der Waals surface area contributed by atoms with Gasteiger partial charge in [0, 0.05) is 24.7 Å². The van der Waals surface area contributed by atoms with Gasteiger partial charge in [0.25, 0.3) is 0 Å². The first kappa shape index (κ1) is 9.96. The van der Waals surface area contributed by atoms with Gasteiger partial charge < -0.3 is 10.8 Å². The highest BCUT2D eigenvalue weighted by Crippen LogP contribution is 2.18. The Morgan fingerprint density at radius 3 is 2.67 bits per heavy atom. The van der Waals surface area contributed by atoms with Crippen molar-refractivity contribution in [3.05, 3.63) is 0 Å². The molecular formula is C9H20N2O. The molecule has 12 heavy (non-hydrogen) atoms. The fourth-order valence-electron chi connectivity index (χ4n) is 1.91. The summed E-state index contributed by atoms with van der Waals surface area (Å²) < 4.78 is 0. The Morgan fingerprint density at radius 1 is 1.50 bits per heavy atom. The summed E-state index contributed by atoms with van der Waals surface area (Å²) in [6, 6.07) is 1.13. The fourth-order valence-corrected chi connectivity index (χ4v) is 1.91. The quantitative estimate of drug-likeness (QED) is 0.624. The van der Waals surface area contributed by atoms with Crippen molar-refractivity contribution in [2.45, 2.75) is 44.8 Å². The third-order valence-corrected chi connectivity index (χ3v) is 2.66. The van der Waals surface area contributed by atoms with Crippen molar-refractivity contribution in [3.8, 4) is 0 Å². The van der Waals surface area contributed by atoms with Crippen LogP contribution in [0.4, 0.5) is 0 Å². The van der Waals surface area contributed by atoms with E-state index in [1.807, 2.05) is 0 Å². The van der Waals surface area contributed by atoms with Crippen LogP contribution in [0.5, 0.6) is 0 Å². The molecule has 72 valence electrons. The Bertz CT molecular complexity index is 138. The van der Waals surface area contributed by atoms with E-state index in [0.717, 1.165) is 19.4 Å². The van der Waals surface area contributed by atoms with Crippen LogP contribution >= 0.6 is 0 Å². The van der Waals surface area contributed by atoms with Gasteiger partial charge in [0.1, 0.15) is 0 Å². The SMILES string of the molecule is CC(C)N1C[C@H](N)CC[C@@H]1CO. The highest BCUT2D eigenvalue weighted by Gasteiger charge is 2.27. The Morgan fingerprint density at radius 2 is 2.17 bits per heavy atom. The van der Waals surface area contributed by atoms with Crippen molar-refractivity contribution in [1.29, 1.82) is 0 Å². The molecule has 0 spiro atoms. The van der Waals surface area contributed by atoms with E-state index in [-0.39, 0.29) is 6.61 Å². The van der Waals surface area contributed by atoms with Crippen LogP contribution in [-0.4, -0.2) is 41.3 Å². The zero-order chi connectivity index (χ0) is 9.14. The molecule has 1 aliphatic rings. The predicted octanol–water partition coefficient (Wildman–Crippen LogP) is 0.179. The van der Waals surface area contributed by atoms with Gasteiger partial charge in [-0.05, 0) is 26.7 Å². The summed E-state index contributed by atoms with van der Waals surface area (Å²) in [7, 11) is 0. The fraction of sp³-hybridized carbons (Fsp3) is 1.00. The maximum absolute atomic E-state index is 9.11. The second-order valence-electron chi connectivity index (χ2n) is 3.96. The Labute approximate surface area is 74.5 Å². The van der Waals surface area contributed by atoms with Crippen LogP contribution in [0, 0.1) is 0 Å². The molecule has 0 bridgehead atoms. The lowest BCUT2D eigenvalue weighted by atomic mass is 9.98. The van der Waals surface area contributed by atoms with Gasteiger partial charge in [-0.1, -0.05) is 0 Å². The third kappa shape index (κ3) is 2.19. The van der Waals surface area contributed by atoms with Crippen molar-refractivity contribution in [3.63, 3.8) is 0 Å². The number of aliphatic hydroxyl groups is 1. The van der Waals surface area contributed by atoms with Gasteiger partial charge in [-0.15, -0.1) is 0 Å². The minimum atomic E-state index is 0.269. The van der Waals surface area contributed by atoms with Gasteiger partial charge in [0.2, 0.25) is 0 Å². The second-order valence-corrected chi connectivity index (χ2v) is 3.96. The first-order valence-corrected chi connectivity index (χ1v) is 4.77. The Hall–Kier alpha value is -0.120. The molecule has 2 atom stereocenters. The molecule has 0 aromatic rings. The topological polar surface area (TPSA) is 49.5 Å². The highest BCUT2D eigenvalue weighted by atomic mass is 16.3. The van der Waals surface area contributed by atoms with Crippen LogP contribution in [0.1, 0.15) is 26.7 Å². The summed E-state index contributed by atoms with van der Waals surface area (Å²) >= 11 is 0. The molecule has 1 aliphatic heterocycles. The molecule has 0 aromatic carbocycles. The maximum Gasteiger partial charge on any atom is 0.0587 e. The largest absolute Gasteiger partial charge is 0.395 e. The number of nitrogens with two attached hydrogens (primary N) is 1. The van der Waals surface area contributed by atoms with Crippen molar-refractivity contribution < 1.29 is 5.11 Å². The molecule has 0 unspecified atom stereocenters. The van der Waals surface area contributed by atoms with Crippen LogP contribution in [0.3, 0.4) is 0 Å². The average Bonchev–Trinajstić information content (AvgIpc) is 2.04. The van der Waals surface area contributed by atoms with Gasteiger partial charge in [-0.2, -0.15) is 0 Å². The Kier molecular flexibility index (Phi) is 3.50. The number of hydrogen-bond acceptors (Lipinski definition) is 3. The minimum absolute atomic E-state index is 0.269. The molecule has 0 aromatic heterocycles. The summed E-state index contributed by atoms with van der Waals surface area (Å²) in [5.74, 6) is 0. The molecule has 1 fully saturated rings. The van der Waals surface area contributed by atoms with Crippen molar-refractivity contribution in [1.82, 2.24) is 4.90 Å². The van der Waals surface area contributed by atoms with E-state index in [4.69, 9.17) is 10.8 Å². The smallest absolute Gasteiger partial charge is 0.0587 e. The number of likely N-dealkylation sites (tertiary alicyclic amines) is 1. The van der Waals surface area contributed by atoms with Crippen LogP contribution in [0.25, 0.3) is 0 Å². The molecule has 3 nitrogen and oxygen atoms in total. The molecule has 0 amide bonds. The molecule has 0 aliphatic carbocycles.